The summed E-state index contributed by atoms with van der Waals surface area (Å²) in [4.78, 5) is 0. The van der Waals surface area contributed by atoms with Gasteiger partial charge in [0.2, 0.25) is 0 Å². The van der Waals surface area contributed by atoms with Crippen molar-refractivity contribution in [1.29, 1.82) is 0 Å². The Morgan fingerprint density at radius 1 is 0.433 bits per heavy atom. The molecule has 0 saturated carbocycles. The largest absolute Gasteiger partial charge is 0.242 e. The Bertz CT molecular complexity index is 859. The van der Waals surface area contributed by atoms with Gasteiger partial charge in [0.15, 0.2) is 0 Å². The number of benzene rings is 4. The van der Waals surface area contributed by atoms with E-state index in [-0.39, 0.29) is 0 Å². The fourth-order valence-corrected chi connectivity index (χ4v) is 9.84. The molecule has 0 radical (unpaired) electrons. The maximum absolute atomic E-state index is 2.78. The Morgan fingerprint density at radius 2 is 0.667 bits per heavy atom. The lowest BCUT2D eigenvalue weighted by Crippen LogP contribution is -2.35. The molecule has 0 unspecified atom stereocenters. The number of hydrogen-bond donors (Lipinski definition) is 0. The van der Waals surface area contributed by atoms with Crippen molar-refractivity contribution < 1.29 is 0 Å². The standard InChI is InChI=1S/C27H27NP2/c1-23(2)28(29(24-15-7-3-8-16-24)25-17-9-4-10-18-25)30(26-19-11-5-12-20-26)27-21-13-6-14-22-27/h3-23H,1-2H3. The van der Waals surface area contributed by atoms with E-state index in [2.05, 4.69) is 140 Å². The van der Waals surface area contributed by atoms with Crippen LogP contribution in [0.4, 0.5) is 0 Å². The van der Waals surface area contributed by atoms with Crippen molar-refractivity contribution in [3.05, 3.63) is 121 Å². The van der Waals surface area contributed by atoms with E-state index in [4.69, 9.17) is 0 Å². The van der Waals surface area contributed by atoms with Crippen molar-refractivity contribution in [3.8, 4) is 0 Å². The number of rotatable bonds is 7. The number of nitrogens with zero attached hydrogens (tertiary/aromatic N) is 1. The highest BCUT2D eigenvalue weighted by Gasteiger charge is 2.33. The third kappa shape index (κ3) is 4.71. The molecule has 0 bridgehead atoms. The van der Waals surface area contributed by atoms with Gasteiger partial charge in [-0.25, -0.2) is 4.44 Å². The maximum Gasteiger partial charge on any atom is 0.0325 e. The van der Waals surface area contributed by atoms with Crippen LogP contribution in [0.25, 0.3) is 0 Å². The highest BCUT2D eigenvalue weighted by molar-refractivity contribution is 7.84. The molecule has 0 fully saturated rings. The van der Waals surface area contributed by atoms with Crippen molar-refractivity contribution in [2.75, 3.05) is 0 Å². The molecule has 0 aliphatic heterocycles. The summed E-state index contributed by atoms with van der Waals surface area (Å²) in [5, 5.41) is 5.58. The lowest BCUT2D eigenvalue weighted by atomic mass is 10.4. The zero-order valence-electron chi connectivity index (χ0n) is 17.5. The fourth-order valence-electron chi connectivity index (χ4n) is 3.60. The van der Waals surface area contributed by atoms with Crippen LogP contribution in [-0.2, 0) is 0 Å². The average Bonchev–Trinajstić information content (AvgIpc) is 2.81. The van der Waals surface area contributed by atoms with Gasteiger partial charge < -0.3 is 0 Å². The van der Waals surface area contributed by atoms with Gasteiger partial charge in [0.1, 0.15) is 0 Å². The van der Waals surface area contributed by atoms with Gasteiger partial charge in [-0.15, -0.1) is 0 Å². The van der Waals surface area contributed by atoms with Crippen LogP contribution in [0.3, 0.4) is 0 Å². The second-order valence-corrected chi connectivity index (χ2v) is 11.9. The molecule has 0 N–H and O–H groups in total. The number of hydrogen-bond acceptors (Lipinski definition) is 1. The van der Waals surface area contributed by atoms with E-state index in [0.717, 1.165) is 0 Å². The molecule has 4 aromatic carbocycles. The first-order valence-corrected chi connectivity index (χ1v) is 12.9. The fraction of sp³-hybridized carbons (Fsp3) is 0.111. The normalized spacial score (nSPS) is 11.5. The van der Waals surface area contributed by atoms with Gasteiger partial charge in [0.25, 0.3) is 0 Å². The quantitative estimate of drug-likeness (QED) is 0.337. The third-order valence-corrected chi connectivity index (χ3v) is 10.8. The van der Waals surface area contributed by atoms with Gasteiger partial charge in [0.05, 0.1) is 0 Å². The minimum absolute atomic E-state index is 0.392. The molecule has 0 spiro atoms. The molecule has 4 aromatic rings. The molecule has 0 amide bonds. The van der Waals surface area contributed by atoms with Crippen molar-refractivity contribution in [1.82, 2.24) is 4.44 Å². The predicted molar refractivity (Wildman–Crippen MR) is 135 cm³/mol. The summed E-state index contributed by atoms with van der Waals surface area (Å²) < 4.78 is 2.78. The van der Waals surface area contributed by atoms with Crippen LogP contribution in [0, 0.1) is 0 Å². The molecule has 0 atom stereocenters. The lowest BCUT2D eigenvalue weighted by Gasteiger charge is -2.41. The van der Waals surface area contributed by atoms with Crippen LogP contribution in [-0.4, -0.2) is 10.5 Å². The van der Waals surface area contributed by atoms with Crippen molar-refractivity contribution in [2.24, 2.45) is 0 Å². The zero-order valence-corrected chi connectivity index (χ0v) is 19.3. The van der Waals surface area contributed by atoms with Gasteiger partial charge in [-0.2, -0.15) is 0 Å². The van der Waals surface area contributed by atoms with E-state index >= 15 is 0 Å². The third-order valence-electron chi connectivity index (χ3n) is 4.87. The minimum atomic E-state index is -0.678. The summed E-state index contributed by atoms with van der Waals surface area (Å²) in [6.07, 6.45) is 0. The molecule has 30 heavy (non-hydrogen) atoms. The second kappa shape index (κ2) is 10.1. The van der Waals surface area contributed by atoms with E-state index < -0.39 is 16.1 Å². The summed E-state index contributed by atoms with van der Waals surface area (Å²) >= 11 is 0. The van der Waals surface area contributed by atoms with Gasteiger partial charge in [-0.1, -0.05) is 121 Å². The van der Waals surface area contributed by atoms with Crippen LogP contribution in [0.2, 0.25) is 0 Å². The average molecular weight is 427 g/mol. The van der Waals surface area contributed by atoms with E-state index in [1.54, 1.807) is 0 Å². The molecule has 0 heterocycles. The topological polar surface area (TPSA) is 3.24 Å². The lowest BCUT2D eigenvalue weighted by molar-refractivity contribution is 0.583. The Hall–Kier alpha value is -2.30. The Kier molecular flexibility index (Phi) is 7.08. The molecule has 0 saturated heterocycles. The SMILES string of the molecule is CC(C)N(P(c1ccccc1)c1ccccc1)P(c1ccccc1)c1ccccc1. The molecule has 4 rings (SSSR count). The van der Waals surface area contributed by atoms with Crippen LogP contribution in [0.15, 0.2) is 121 Å². The van der Waals surface area contributed by atoms with Gasteiger partial charge in [-0.3, -0.25) is 0 Å². The first kappa shape index (κ1) is 21.0. The first-order chi connectivity index (χ1) is 14.8. The molecule has 1 nitrogen and oxygen atoms in total. The smallest absolute Gasteiger partial charge is 0.0325 e. The Balaban J connectivity index is 1.92. The molecule has 0 aliphatic carbocycles. The predicted octanol–water partition coefficient (Wildman–Crippen LogP) is 5.79. The molecular weight excluding hydrogens is 400 g/mol. The van der Waals surface area contributed by atoms with Crippen LogP contribution < -0.4 is 21.2 Å². The summed E-state index contributed by atoms with van der Waals surface area (Å²) in [5.41, 5.74) is 0. The molecule has 0 aliphatic rings. The van der Waals surface area contributed by atoms with E-state index in [1.165, 1.54) is 21.2 Å². The van der Waals surface area contributed by atoms with E-state index in [1.807, 2.05) is 0 Å². The summed E-state index contributed by atoms with van der Waals surface area (Å²) in [6.45, 7) is 4.67. The van der Waals surface area contributed by atoms with Crippen LogP contribution in [0.5, 0.6) is 0 Å². The maximum atomic E-state index is 2.78. The van der Waals surface area contributed by atoms with Crippen molar-refractivity contribution in [2.45, 2.75) is 19.9 Å². The molecular formula is C27H27NP2. The van der Waals surface area contributed by atoms with Gasteiger partial charge >= 0.3 is 0 Å². The Labute approximate surface area is 183 Å². The highest BCUT2D eigenvalue weighted by Crippen LogP contribution is 2.55. The van der Waals surface area contributed by atoms with Crippen LogP contribution >= 0.6 is 16.1 Å². The Morgan fingerprint density at radius 3 is 0.867 bits per heavy atom. The summed E-state index contributed by atoms with van der Waals surface area (Å²) in [5.74, 6) is 0. The van der Waals surface area contributed by atoms with Gasteiger partial charge in [0, 0.05) is 22.2 Å². The monoisotopic (exact) mass is 427 g/mol. The first-order valence-electron chi connectivity index (χ1n) is 10.4. The van der Waals surface area contributed by atoms with E-state index in [9.17, 15) is 0 Å². The second-order valence-electron chi connectivity index (χ2n) is 7.38. The molecule has 150 valence electrons. The molecule has 0 aromatic heterocycles. The summed E-state index contributed by atoms with van der Waals surface area (Å²) in [7, 11) is -1.36. The van der Waals surface area contributed by atoms with E-state index in [0.29, 0.717) is 6.04 Å². The summed E-state index contributed by atoms with van der Waals surface area (Å²) in [6, 6.07) is 44.5. The zero-order chi connectivity index (χ0) is 20.8. The van der Waals surface area contributed by atoms with Gasteiger partial charge in [-0.05, 0) is 35.1 Å². The van der Waals surface area contributed by atoms with Crippen molar-refractivity contribution in [3.63, 3.8) is 0 Å². The van der Waals surface area contributed by atoms with Crippen LogP contribution in [0.1, 0.15) is 13.8 Å². The highest BCUT2D eigenvalue weighted by atomic mass is 31.2. The molecule has 3 heteroatoms. The minimum Gasteiger partial charge on any atom is -0.242 e. The van der Waals surface area contributed by atoms with Crippen molar-refractivity contribution >= 4 is 37.4 Å².